The van der Waals surface area contributed by atoms with Crippen LogP contribution >= 0.6 is 11.6 Å². The summed E-state index contributed by atoms with van der Waals surface area (Å²) in [7, 11) is 1.61. The lowest BCUT2D eigenvalue weighted by atomic mass is 9.98. The number of likely N-dealkylation sites (tertiary alicyclic amines) is 1. The van der Waals surface area contributed by atoms with Crippen molar-refractivity contribution in [2.75, 3.05) is 13.7 Å². The van der Waals surface area contributed by atoms with Crippen molar-refractivity contribution in [3.8, 4) is 5.75 Å². The molecule has 1 aliphatic heterocycles. The van der Waals surface area contributed by atoms with Gasteiger partial charge in [-0.3, -0.25) is 4.79 Å². The minimum absolute atomic E-state index is 0.0399. The summed E-state index contributed by atoms with van der Waals surface area (Å²) in [6.45, 7) is 6.13. The van der Waals surface area contributed by atoms with Gasteiger partial charge in [0.2, 0.25) is 0 Å². The van der Waals surface area contributed by atoms with Crippen molar-refractivity contribution >= 4 is 22.5 Å². The number of pyridine rings is 1. The highest BCUT2D eigenvalue weighted by atomic mass is 35.5. The first-order valence-electron chi connectivity index (χ1n) is 8.79. The lowest BCUT2D eigenvalue weighted by molar-refractivity contribution is -0.944. The van der Waals surface area contributed by atoms with Crippen LogP contribution < -0.4 is 15.1 Å². The molecule has 3 rings (SSSR count). The fraction of sp³-hybridized carbons (Fsp3) is 0.526. The minimum atomic E-state index is 0.0399. The molecule has 2 heterocycles. The van der Waals surface area contributed by atoms with Crippen molar-refractivity contribution in [1.82, 2.24) is 4.98 Å². The summed E-state index contributed by atoms with van der Waals surface area (Å²) in [6.07, 6.45) is 4.96. The molecule has 0 aliphatic carbocycles. The number of hydrogen-bond donors (Lipinski definition) is 2. The molecule has 1 aromatic carbocycles. The second-order valence-electron chi connectivity index (χ2n) is 6.74. The third-order valence-corrected chi connectivity index (χ3v) is 5.69. The second-order valence-corrected chi connectivity index (χ2v) is 7.15. The first-order chi connectivity index (χ1) is 11.6. The Labute approximate surface area is 147 Å². The van der Waals surface area contributed by atoms with Crippen molar-refractivity contribution in [1.29, 1.82) is 0 Å². The van der Waals surface area contributed by atoms with E-state index < -0.39 is 0 Å². The number of nitrogens with one attached hydrogen (secondary N) is 2. The first-order valence-corrected chi connectivity index (χ1v) is 9.17. The third kappa shape index (κ3) is 3.05. The van der Waals surface area contributed by atoms with Gasteiger partial charge in [-0.25, -0.2) is 0 Å². The highest BCUT2D eigenvalue weighted by molar-refractivity contribution is 6.35. The molecule has 2 atom stereocenters. The molecule has 24 heavy (non-hydrogen) atoms. The Morgan fingerprint density at radius 2 is 2.17 bits per heavy atom. The largest absolute Gasteiger partial charge is 0.495 e. The Morgan fingerprint density at radius 1 is 1.38 bits per heavy atom. The lowest BCUT2D eigenvalue weighted by Gasteiger charge is -2.32. The maximum Gasteiger partial charge on any atom is 0.200 e. The zero-order valence-electron chi connectivity index (χ0n) is 14.7. The minimum Gasteiger partial charge on any atom is -0.495 e. The van der Waals surface area contributed by atoms with Crippen molar-refractivity contribution < 1.29 is 9.64 Å². The Hall–Kier alpha value is -1.52. The van der Waals surface area contributed by atoms with Gasteiger partial charge in [0.25, 0.3) is 0 Å². The van der Waals surface area contributed by atoms with E-state index in [1.165, 1.54) is 24.2 Å². The Kier molecular flexibility index (Phi) is 5.16. The number of aryl methyl sites for hydroxylation is 1. The summed E-state index contributed by atoms with van der Waals surface area (Å²) in [4.78, 5) is 18.0. The van der Waals surface area contributed by atoms with Crippen LogP contribution in [0.2, 0.25) is 5.02 Å². The predicted molar refractivity (Wildman–Crippen MR) is 98.3 cm³/mol. The Morgan fingerprint density at radius 3 is 2.88 bits per heavy atom. The second kappa shape index (κ2) is 7.16. The smallest absolute Gasteiger partial charge is 0.200 e. The quantitative estimate of drug-likeness (QED) is 0.891. The SMILES string of the molecule is CC[C@@H]1CCCC[NH+]1Cc1c(C)[nH]c2c(OC)ccc(Cl)c2c1=O. The zero-order valence-corrected chi connectivity index (χ0v) is 15.4. The van der Waals surface area contributed by atoms with E-state index in [0.29, 0.717) is 27.7 Å². The molecule has 0 bridgehead atoms. The van der Waals surface area contributed by atoms with Crippen LogP contribution in [0.4, 0.5) is 0 Å². The van der Waals surface area contributed by atoms with Crippen LogP contribution in [0.3, 0.4) is 0 Å². The molecule has 4 nitrogen and oxygen atoms in total. The first kappa shape index (κ1) is 17.3. The van der Waals surface area contributed by atoms with Crippen LogP contribution in [0.25, 0.3) is 10.9 Å². The highest BCUT2D eigenvalue weighted by Gasteiger charge is 2.27. The van der Waals surface area contributed by atoms with Crippen molar-refractivity contribution in [3.05, 3.63) is 38.6 Å². The van der Waals surface area contributed by atoms with Gasteiger partial charge < -0.3 is 14.6 Å². The van der Waals surface area contributed by atoms with E-state index >= 15 is 0 Å². The van der Waals surface area contributed by atoms with Crippen LogP contribution in [-0.4, -0.2) is 24.7 Å². The van der Waals surface area contributed by atoms with Crippen molar-refractivity contribution in [3.63, 3.8) is 0 Å². The number of hydrogen-bond acceptors (Lipinski definition) is 2. The fourth-order valence-electron chi connectivity index (χ4n) is 3.97. The van der Waals surface area contributed by atoms with E-state index in [9.17, 15) is 4.79 Å². The monoisotopic (exact) mass is 349 g/mol. The standard InChI is InChI=1S/C19H25ClN2O2/c1-4-13-7-5-6-10-22(13)11-14-12(2)21-18-16(24-3)9-8-15(20)17(18)19(14)23/h8-9,13H,4-7,10-11H2,1-3H3,(H,21,23)/p+1/t13-/m1/s1. The molecule has 1 fully saturated rings. The molecule has 0 spiro atoms. The van der Waals surface area contributed by atoms with Gasteiger partial charge >= 0.3 is 0 Å². The van der Waals surface area contributed by atoms with Gasteiger partial charge in [-0.1, -0.05) is 18.5 Å². The number of piperidine rings is 1. The fourth-order valence-corrected chi connectivity index (χ4v) is 4.22. The van der Waals surface area contributed by atoms with Gasteiger partial charge in [0.15, 0.2) is 5.43 Å². The van der Waals surface area contributed by atoms with Gasteiger partial charge in [-0.15, -0.1) is 0 Å². The van der Waals surface area contributed by atoms with Crippen LogP contribution in [0.1, 0.15) is 43.9 Å². The summed E-state index contributed by atoms with van der Waals surface area (Å²) >= 11 is 6.33. The number of halogens is 1. The van der Waals surface area contributed by atoms with E-state index in [1.54, 1.807) is 19.2 Å². The summed E-state index contributed by atoms with van der Waals surface area (Å²) in [6, 6.07) is 4.18. The summed E-state index contributed by atoms with van der Waals surface area (Å²) in [5.41, 5.74) is 2.50. The molecule has 2 N–H and O–H groups in total. The molecule has 1 unspecified atom stereocenters. The average molecular weight is 350 g/mol. The van der Waals surface area contributed by atoms with Gasteiger partial charge in [0.05, 0.1) is 41.2 Å². The van der Waals surface area contributed by atoms with E-state index in [0.717, 1.165) is 30.8 Å². The van der Waals surface area contributed by atoms with Crippen LogP contribution in [0.15, 0.2) is 16.9 Å². The average Bonchev–Trinajstić information content (AvgIpc) is 2.59. The normalized spacial score (nSPS) is 21.2. The number of rotatable bonds is 4. The van der Waals surface area contributed by atoms with Gasteiger partial charge in [0, 0.05) is 5.69 Å². The maximum atomic E-state index is 13.1. The van der Waals surface area contributed by atoms with E-state index in [1.807, 2.05) is 6.92 Å². The molecule has 2 aromatic rings. The van der Waals surface area contributed by atoms with E-state index in [4.69, 9.17) is 16.3 Å². The van der Waals surface area contributed by atoms with Crippen molar-refractivity contribution in [2.45, 2.75) is 52.1 Å². The summed E-state index contributed by atoms with van der Waals surface area (Å²) < 4.78 is 5.38. The van der Waals surface area contributed by atoms with Crippen LogP contribution in [0, 0.1) is 6.92 Å². The molecule has 5 heteroatoms. The highest BCUT2D eigenvalue weighted by Crippen LogP contribution is 2.28. The predicted octanol–water partition coefficient (Wildman–Crippen LogP) is 2.85. The molecular formula is C19H26ClN2O2+. The van der Waals surface area contributed by atoms with Crippen LogP contribution in [0.5, 0.6) is 5.75 Å². The number of quaternary nitrogens is 1. The number of H-pyrrole nitrogens is 1. The van der Waals surface area contributed by atoms with Gasteiger partial charge in [-0.05, 0) is 44.7 Å². The number of methoxy groups -OCH3 is 1. The molecule has 130 valence electrons. The molecule has 0 saturated carbocycles. The number of fused-ring (bicyclic) bond motifs is 1. The molecule has 0 amide bonds. The molecule has 1 aromatic heterocycles. The third-order valence-electron chi connectivity index (χ3n) is 5.38. The maximum absolute atomic E-state index is 13.1. The van der Waals surface area contributed by atoms with Crippen molar-refractivity contribution in [2.24, 2.45) is 0 Å². The van der Waals surface area contributed by atoms with E-state index in [2.05, 4.69) is 11.9 Å². The van der Waals surface area contributed by atoms with E-state index in [-0.39, 0.29) is 5.43 Å². The van der Waals surface area contributed by atoms with Crippen LogP contribution in [-0.2, 0) is 6.54 Å². The summed E-state index contributed by atoms with van der Waals surface area (Å²) in [5.74, 6) is 0.651. The number of benzene rings is 1. The Balaban J connectivity index is 2.09. The number of aromatic amines is 1. The van der Waals surface area contributed by atoms with Gasteiger partial charge in [0.1, 0.15) is 12.3 Å². The number of aromatic nitrogens is 1. The number of ether oxygens (including phenoxy) is 1. The molecular weight excluding hydrogens is 324 g/mol. The molecule has 1 aliphatic rings. The topological polar surface area (TPSA) is 46.5 Å². The van der Waals surface area contributed by atoms with Gasteiger partial charge in [-0.2, -0.15) is 0 Å². The lowest BCUT2D eigenvalue weighted by Crippen LogP contribution is -3.15. The molecule has 1 saturated heterocycles. The zero-order chi connectivity index (χ0) is 17.3. The summed E-state index contributed by atoms with van der Waals surface area (Å²) in [5, 5.41) is 1.02. The molecule has 0 radical (unpaired) electrons. The Bertz CT molecular complexity index is 800.